The van der Waals surface area contributed by atoms with Gasteiger partial charge < -0.3 is 64.8 Å². The monoisotopic (exact) mass is 695 g/mol. The van der Waals surface area contributed by atoms with Gasteiger partial charge in [-0.2, -0.15) is 15.3 Å². The predicted octanol–water partition coefficient (Wildman–Crippen LogP) is -5.95. The molecule has 0 bridgehead atoms. The molecular weight excluding hydrogens is 660 g/mol. The fraction of sp³-hybridized carbons (Fsp3) is 0.438. The number of hydrogen-bond donors (Lipinski definition) is 0. The first-order chi connectivity index (χ1) is 12.4. The van der Waals surface area contributed by atoms with Crippen molar-refractivity contribution in [3.63, 3.8) is 0 Å². The summed E-state index contributed by atoms with van der Waals surface area (Å²) in [6.07, 6.45) is -0.226. The van der Waals surface area contributed by atoms with E-state index in [0.29, 0.717) is 0 Å². The SMILES string of the molecule is Cc1cc(C)n(C(n2nc(C)cc2C)n2nc(C)cc2C)n1.O.O.O.[Mo].[Mo].[O-2].[O-2].[O-2].[O-2].[O-][O-].[O-][O-].[OH3+]. The maximum atomic E-state index is 7.00. The van der Waals surface area contributed by atoms with Crippen LogP contribution in [0.3, 0.4) is 0 Å². The van der Waals surface area contributed by atoms with Crippen molar-refractivity contribution in [2.45, 2.75) is 47.8 Å². The zero-order chi connectivity index (χ0) is 20.0. The molecular formula is C16H31Mo2N6O12-11. The molecule has 0 fully saturated rings. The van der Waals surface area contributed by atoms with Crippen molar-refractivity contribution in [1.29, 1.82) is 0 Å². The van der Waals surface area contributed by atoms with Crippen LogP contribution in [0.2, 0.25) is 0 Å². The molecule has 0 spiro atoms. The van der Waals surface area contributed by atoms with Crippen molar-refractivity contribution in [3.05, 3.63) is 52.4 Å². The molecule has 36 heavy (non-hydrogen) atoms. The first-order valence-electron chi connectivity index (χ1n) is 7.78. The Hall–Kier alpha value is -1.47. The average Bonchev–Trinajstić information content (AvgIpc) is 3.22. The Labute approximate surface area is 236 Å². The zero-order valence-corrected chi connectivity index (χ0v) is 24.2. The third-order valence-electron chi connectivity index (χ3n) is 3.79. The van der Waals surface area contributed by atoms with Crippen molar-refractivity contribution in [2.24, 2.45) is 0 Å². The minimum Gasteiger partial charge on any atom is -2.00 e. The van der Waals surface area contributed by atoms with E-state index < -0.39 is 0 Å². The van der Waals surface area contributed by atoms with E-state index >= 15 is 0 Å². The van der Waals surface area contributed by atoms with Gasteiger partial charge in [-0.15, -0.1) is 0 Å². The summed E-state index contributed by atoms with van der Waals surface area (Å²) in [6.45, 7) is 12.2. The molecule has 0 aliphatic rings. The topological polar surface area (TPSA) is 387 Å². The molecule has 0 aliphatic carbocycles. The quantitative estimate of drug-likeness (QED) is 0.111. The van der Waals surface area contributed by atoms with E-state index in [1.54, 1.807) is 0 Å². The molecule has 3 rings (SSSR count). The molecule has 0 radical (unpaired) electrons. The minimum atomic E-state index is -0.226. The molecule has 0 aliphatic heterocycles. The summed E-state index contributed by atoms with van der Waals surface area (Å²) >= 11 is 0. The van der Waals surface area contributed by atoms with E-state index in [4.69, 9.17) is 21.0 Å². The maximum Gasteiger partial charge on any atom is 0.238 e. The summed E-state index contributed by atoms with van der Waals surface area (Å²) in [7, 11) is 0. The van der Waals surface area contributed by atoms with Gasteiger partial charge in [0.05, 0.1) is 17.1 Å². The summed E-state index contributed by atoms with van der Waals surface area (Å²) in [5, 5.41) is 42.0. The van der Waals surface area contributed by atoms with Gasteiger partial charge >= 0.3 is 0 Å². The van der Waals surface area contributed by atoms with Crippen LogP contribution in [0.5, 0.6) is 0 Å². The Morgan fingerprint density at radius 3 is 0.806 bits per heavy atom. The van der Waals surface area contributed by atoms with E-state index in [1.807, 2.05) is 34.8 Å². The van der Waals surface area contributed by atoms with Gasteiger partial charge in [-0.1, -0.05) is 0 Å². The second-order valence-corrected chi connectivity index (χ2v) is 5.96. The Morgan fingerprint density at radius 1 is 0.528 bits per heavy atom. The van der Waals surface area contributed by atoms with Crippen molar-refractivity contribution in [1.82, 2.24) is 29.3 Å². The van der Waals surface area contributed by atoms with Crippen LogP contribution in [0.25, 0.3) is 0 Å². The van der Waals surface area contributed by atoms with E-state index in [9.17, 15) is 0 Å². The Bertz CT molecular complexity index is 753. The second kappa shape index (κ2) is 29.8. The summed E-state index contributed by atoms with van der Waals surface area (Å²) in [6, 6.07) is 6.22. The van der Waals surface area contributed by atoms with Crippen molar-refractivity contribution < 1.29 is 107 Å². The summed E-state index contributed by atoms with van der Waals surface area (Å²) in [5.41, 5.74) is 6.23. The van der Waals surface area contributed by atoms with Gasteiger partial charge in [0, 0.05) is 59.2 Å². The van der Waals surface area contributed by atoms with E-state index in [-0.39, 0.29) is 92.2 Å². The van der Waals surface area contributed by atoms with Crippen molar-refractivity contribution >= 4 is 0 Å². The Kier molecular flexibility index (Phi) is 53.3. The van der Waals surface area contributed by atoms with Gasteiger partial charge in [0.2, 0.25) is 6.29 Å². The number of aryl methyl sites for hydroxylation is 6. The van der Waals surface area contributed by atoms with Gasteiger partial charge in [0.1, 0.15) is 0 Å². The van der Waals surface area contributed by atoms with Crippen LogP contribution in [0, 0.1) is 41.5 Å². The molecule has 0 amide bonds. The largest absolute Gasteiger partial charge is 2.00 e. The molecule has 0 unspecified atom stereocenters. The van der Waals surface area contributed by atoms with Gasteiger partial charge in [0.15, 0.2) is 0 Å². The molecule has 3 heterocycles. The van der Waals surface area contributed by atoms with Gasteiger partial charge in [0.25, 0.3) is 0 Å². The smallest absolute Gasteiger partial charge is 0.238 e. The van der Waals surface area contributed by atoms with Crippen LogP contribution in [0.15, 0.2) is 18.2 Å². The number of nitrogens with zero attached hydrogens (tertiary/aromatic N) is 6. The second-order valence-electron chi connectivity index (χ2n) is 5.96. The summed E-state index contributed by atoms with van der Waals surface area (Å²) in [4.78, 5) is 0. The van der Waals surface area contributed by atoms with Crippen LogP contribution in [0.4, 0.5) is 0 Å². The Balaban J connectivity index is -0.0000000576. The molecule has 3 aromatic heterocycles. The van der Waals surface area contributed by atoms with Crippen molar-refractivity contribution in [2.75, 3.05) is 0 Å². The van der Waals surface area contributed by atoms with E-state index in [0.717, 1.165) is 34.2 Å². The molecule has 220 valence electrons. The zero-order valence-electron chi connectivity index (χ0n) is 20.2. The van der Waals surface area contributed by atoms with Gasteiger partial charge in [-0.25, -0.2) is 14.0 Å². The fourth-order valence-electron chi connectivity index (χ4n) is 2.95. The number of aromatic nitrogens is 6. The van der Waals surface area contributed by atoms with Gasteiger partial charge in [-0.3, -0.25) is 0 Å². The van der Waals surface area contributed by atoms with Crippen LogP contribution in [0.1, 0.15) is 40.5 Å². The van der Waals surface area contributed by atoms with Crippen LogP contribution in [-0.2, 0) is 69.5 Å². The summed E-state index contributed by atoms with van der Waals surface area (Å²) < 4.78 is 5.94. The van der Waals surface area contributed by atoms with E-state index in [1.165, 1.54) is 0 Å². The third-order valence-corrected chi connectivity index (χ3v) is 3.79. The standard InChI is InChI=1S/C16H22N6.2Mo.2O2.4H2O.4O/c1-10-7-13(4)20(17-10)16(21-14(5)8-11(2)18-21)22-15(6)9-12(3)19-22;;;2*1-2;;;;;;;;/h7-9,16H,1-6H3;;;;;4*1H2;;;;/q;;;2*-2;;;;;4*-2/p+1. The van der Waals surface area contributed by atoms with Crippen LogP contribution < -0.4 is 21.0 Å². The first-order valence-corrected chi connectivity index (χ1v) is 7.78. The first kappa shape index (κ1) is 64.5. The molecule has 0 aromatic carbocycles. The minimum absolute atomic E-state index is 0. The molecule has 0 saturated heterocycles. The van der Waals surface area contributed by atoms with Crippen LogP contribution >= 0.6 is 0 Å². The maximum absolute atomic E-state index is 7.00. The van der Waals surface area contributed by atoms with Gasteiger partial charge in [-0.05, 0) is 59.7 Å². The third kappa shape index (κ3) is 14.9. The van der Waals surface area contributed by atoms with E-state index in [2.05, 4.69) is 54.3 Å². The molecule has 0 atom stereocenters. The normalized spacial score (nSPS) is 7.42. The fourth-order valence-corrected chi connectivity index (χ4v) is 2.95. The van der Waals surface area contributed by atoms with Crippen molar-refractivity contribution in [3.8, 4) is 0 Å². The predicted molar refractivity (Wildman–Crippen MR) is 103 cm³/mol. The summed E-state index contributed by atoms with van der Waals surface area (Å²) in [5.74, 6) is 0. The number of hydrogen-bond acceptors (Lipinski definition) is 7. The van der Waals surface area contributed by atoms with Crippen LogP contribution in [-0.4, -0.2) is 45.8 Å². The molecule has 20 heteroatoms. The molecule has 18 nitrogen and oxygen atoms in total. The molecule has 0 saturated carbocycles. The number of rotatable bonds is 3. The molecule has 3 aromatic rings. The Morgan fingerprint density at radius 2 is 0.694 bits per heavy atom. The molecule has 9 N–H and O–H groups in total. The average molecular weight is 691 g/mol.